The topological polar surface area (TPSA) is 81.2 Å². The molecule has 0 radical (unpaired) electrons. The number of benzene rings is 3. The lowest BCUT2D eigenvalue weighted by Crippen LogP contribution is -2.12. The molecule has 140 valence electrons. The minimum absolute atomic E-state index is 0.115. The Balaban J connectivity index is 1.48. The van der Waals surface area contributed by atoms with Gasteiger partial charge in [0.2, 0.25) is 5.13 Å². The summed E-state index contributed by atoms with van der Waals surface area (Å²) in [5, 5.41) is 8.83. The van der Waals surface area contributed by atoms with Gasteiger partial charge in [-0.3, -0.25) is 4.72 Å². The van der Waals surface area contributed by atoms with Crippen LogP contribution in [0.1, 0.15) is 0 Å². The van der Waals surface area contributed by atoms with E-state index in [0.717, 1.165) is 5.56 Å². The van der Waals surface area contributed by atoms with Crippen LogP contribution in [-0.4, -0.2) is 18.6 Å². The second-order valence-corrected chi connectivity index (χ2v) is 8.43. The van der Waals surface area contributed by atoms with Gasteiger partial charge in [-0.15, -0.1) is 10.2 Å². The molecular formula is C20H15N3O3S2. The van der Waals surface area contributed by atoms with Gasteiger partial charge in [0.25, 0.3) is 10.0 Å². The van der Waals surface area contributed by atoms with Crippen LogP contribution < -0.4 is 9.46 Å². The van der Waals surface area contributed by atoms with Gasteiger partial charge in [-0.2, -0.15) is 0 Å². The highest BCUT2D eigenvalue weighted by Crippen LogP contribution is 2.28. The lowest BCUT2D eigenvalue weighted by Gasteiger charge is -2.07. The van der Waals surface area contributed by atoms with Crippen molar-refractivity contribution in [2.24, 2.45) is 0 Å². The van der Waals surface area contributed by atoms with Gasteiger partial charge >= 0.3 is 0 Å². The van der Waals surface area contributed by atoms with Crippen molar-refractivity contribution in [1.29, 1.82) is 0 Å². The molecule has 0 amide bonds. The second kappa shape index (κ2) is 7.79. The van der Waals surface area contributed by atoms with Gasteiger partial charge in [0.05, 0.1) is 4.90 Å². The monoisotopic (exact) mass is 409 g/mol. The van der Waals surface area contributed by atoms with E-state index < -0.39 is 10.0 Å². The van der Waals surface area contributed by atoms with Crippen LogP contribution in [0.2, 0.25) is 0 Å². The second-order valence-electron chi connectivity index (χ2n) is 5.77. The van der Waals surface area contributed by atoms with Gasteiger partial charge in [0.1, 0.15) is 16.5 Å². The molecule has 0 saturated carbocycles. The van der Waals surface area contributed by atoms with E-state index >= 15 is 0 Å². The van der Waals surface area contributed by atoms with Gasteiger partial charge < -0.3 is 4.74 Å². The van der Waals surface area contributed by atoms with Crippen LogP contribution in [0.25, 0.3) is 10.6 Å². The van der Waals surface area contributed by atoms with Crippen LogP contribution in [0, 0.1) is 0 Å². The molecule has 0 aliphatic heterocycles. The maximum atomic E-state index is 12.6. The SMILES string of the molecule is O=S(=O)(Nc1nnc(-c2ccccc2)s1)c1ccc(Oc2ccccc2)cc1. The Kier molecular flexibility index (Phi) is 5.05. The third kappa shape index (κ3) is 4.19. The van der Waals surface area contributed by atoms with E-state index in [0.29, 0.717) is 16.5 Å². The van der Waals surface area contributed by atoms with Crippen molar-refractivity contribution in [1.82, 2.24) is 10.2 Å². The van der Waals surface area contributed by atoms with Crippen LogP contribution >= 0.6 is 11.3 Å². The molecular weight excluding hydrogens is 394 g/mol. The highest BCUT2D eigenvalue weighted by Gasteiger charge is 2.17. The van der Waals surface area contributed by atoms with Gasteiger partial charge in [-0.25, -0.2) is 8.42 Å². The number of ether oxygens (including phenoxy) is 1. The van der Waals surface area contributed by atoms with Crippen molar-refractivity contribution >= 4 is 26.5 Å². The summed E-state index contributed by atoms with van der Waals surface area (Å²) in [5.74, 6) is 1.23. The number of nitrogens with zero attached hydrogens (tertiary/aromatic N) is 2. The standard InChI is InChI=1S/C20H15N3O3S2/c24-28(25,23-20-22-21-19(27-20)15-7-3-1-4-8-15)18-13-11-17(12-14-18)26-16-9-5-2-6-10-16/h1-14H,(H,22,23). The summed E-state index contributed by atoms with van der Waals surface area (Å²) in [5.41, 5.74) is 0.882. The number of para-hydroxylation sites is 1. The molecule has 1 N–H and O–H groups in total. The van der Waals surface area contributed by atoms with Crippen molar-refractivity contribution in [3.63, 3.8) is 0 Å². The average molecular weight is 409 g/mol. The van der Waals surface area contributed by atoms with Crippen molar-refractivity contribution in [2.45, 2.75) is 4.90 Å². The summed E-state index contributed by atoms with van der Waals surface area (Å²) < 4.78 is 33.4. The van der Waals surface area contributed by atoms with E-state index in [9.17, 15) is 8.42 Å². The molecule has 1 heterocycles. The highest BCUT2D eigenvalue weighted by atomic mass is 32.2. The smallest absolute Gasteiger partial charge is 0.263 e. The summed E-state index contributed by atoms with van der Waals surface area (Å²) in [4.78, 5) is 0.115. The molecule has 0 saturated heterocycles. The van der Waals surface area contributed by atoms with Crippen LogP contribution in [0.3, 0.4) is 0 Å². The number of rotatable bonds is 6. The summed E-state index contributed by atoms with van der Waals surface area (Å²) in [7, 11) is -3.77. The molecule has 1 aromatic heterocycles. The van der Waals surface area contributed by atoms with Crippen LogP contribution in [0.4, 0.5) is 5.13 Å². The molecule has 0 atom stereocenters. The molecule has 4 aromatic rings. The first kappa shape index (κ1) is 18.1. The molecule has 3 aromatic carbocycles. The van der Waals surface area contributed by atoms with Crippen LogP contribution in [0.15, 0.2) is 89.8 Å². The molecule has 0 aliphatic carbocycles. The van der Waals surface area contributed by atoms with Gasteiger partial charge in [0, 0.05) is 5.56 Å². The molecule has 4 rings (SSSR count). The molecule has 0 bridgehead atoms. The van der Waals surface area contributed by atoms with Crippen molar-refractivity contribution in [3.05, 3.63) is 84.9 Å². The van der Waals surface area contributed by atoms with E-state index in [1.54, 1.807) is 12.1 Å². The summed E-state index contributed by atoms with van der Waals surface area (Å²) >= 11 is 1.18. The lowest BCUT2D eigenvalue weighted by atomic mass is 10.2. The Morgan fingerprint density at radius 2 is 1.36 bits per heavy atom. The number of hydrogen-bond acceptors (Lipinski definition) is 6. The predicted octanol–water partition coefficient (Wildman–Crippen LogP) is 4.80. The van der Waals surface area contributed by atoms with Crippen LogP contribution in [-0.2, 0) is 10.0 Å². The summed E-state index contributed by atoms with van der Waals surface area (Å²) in [6.07, 6.45) is 0. The van der Waals surface area contributed by atoms with E-state index in [2.05, 4.69) is 14.9 Å². The third-order valence-corrected chi connectivity index (χ3v) is 6.15. The molecule has 28 heavy (non-hydrogen) atoms. The van der Waals surface area contributed by atoms with Gasteiger partial charge in [0.15, 0.2) is 0 Å². The van der Waals surface area contributed by atoms with E-state index in [1.165, 1.54) is 23.5 Å². The van der Waals surface area contributed by atoms with E-state index in [1.807, 2.05) is 60.7 Å². The lowest BCUT2D eigenvalue weighted by molar-refractivity contribution is 0.482. The number of aromatic nitrogens is 2. The largest absolute Gasteiger partial charge is 0.457 e. The Labute approximate surface area is 166 Å². The predicted molar refractivity (Wildman–Crippen MR) is 109 cm³/mol. The first-order valence-corrected chi connectivity index (χ1v) is 10.6. The summed E-state index contributed by atoms with van der Waals surface area (Å²) in [6.45, 7) is 0. The molecule has 0 aliphatic rings. The maximum Gasteiger partial charge on any atom is 0.263 e. The van der Waals surface area contributed by atoms with Crippen molar-refractivity contribution in [2.75, 3.05) is 4.72 Å². The number of anilines is 1. The molecule has 6 nitrogen and oxygen atoms in total. The minimum Gasteiger partial charge on any atom is -0.457 e. The van der Waals surface area contributed by atoms with Crippen molar-refractivity contribution in [3.8, 4) is 22.1 Å². The number of sulfonamides is 1. The fourth-order valence-corrected chi connectivity index (χ4v) is 4.43. The Hall–Kier alpha value is -3.23. The Morgan fingerprint density at radius 3 is 2.04 bits per heavy atom. The number of hydrogen-bond donors (Lipinski definition) is 1. The summed E-state index contributed by atoms with van der Waals surface area (Å²) in [6, 6.07) is 24.9. The molecule has 0 fully saturated rings. The highest BCUT2D eigenvalue weighted by molar-refractivity contribution is 7.93. The fourth-order valence-electron chi connectivity index (χ4n) is 2.45. The third-order valence-electron chi connectivity index (χ3n) is 3.78. The Bertz CT molecular complexity index is 1160. The fraction of sp³-hybridized carbons (Fsp3) is 0. The van der Waals surface area contributed by atoms with E-state index in [4.69, 9.17) is 4.74 Å². The zero-order chi connectivity index (χ0) is 19.4. The van der Waals surface area contributed by atoms with Crippen LogP contribution in [0.5, 0.6) is 11.5 Å². The molecule has 8 heteroatoms. The number of nitrogens with one attached hydrogen (secondary N) is 1. The quantitative estimate of drug-likeness (QED) is 0.495. The zero-order valence-electron chi connectivity index (χ0n) is 14.5. The first-order chi connectivity index (χ1) is 13.6. The van der Waals surface area contributed by atoms with E-state index in [-0.39, 0.29) is 10.0 Å². The minimum atomic E-state index is -3.77. The van der Waals surface area contributed by atoms with Crippen molar-refractivity contribution < 1.29 is 13.2 Å². The van der Waals surface area contributed by atoms with Gasteiger partial charge in [-0.1, -0.05) is 59.9 Å². The maximum absolute atomic E-state index is 12.6. The molecule has 0 spiro atoms. The Morgan fingerprint density at radius 1 is 0.750 bits per heavy atom. The molecule has 0 unspecified atom stereocenters. The zero-order valence-corrected chi connectivity index (χ0v) is 16.2. The first-order valence-electron chi connectivity index (χ1n) is 8.35. The normalized spacial score (nSPS) is 11.1. The van der Waals surface area contributed by atoms with Gasteiger partial charge in [-0.05, 0) is 36.4 Å². The average Bonchev–Trinajstić information content (AvgIpc) is 3.18.